The van der Waals surface area contributed by atoms with Crippen LogP contribution in [0, 0.1) is 0 Å². The molecule has 1 aliphatic rings. The third-order valence-electron chi connectivity index (χ3n) is 4.45. The van der Waals surface area contributed by atoms with E-state index in [1.54, 1.807) is 0 Å². The number of ether oxygens (including phenoxy) is 1. The number of carboxylic acids is 1. The highest BCUT2D eigenvalue weighted by molar-refractivity contribution is 7.21. The van der Waals surface area contributed by atoms with Crippen molar-refractivity contribution in [2.45, 2.75) is 38.5 Å². The van der Waals surface area contributed by atoms with Gasteiger partial charge < -0.3 is 15.2 Å². The summed E-state index contributed by atoms with van der Waals surface area (Å²) in [4.78, 5) is 11.9. The van der Waals surface area contributed by atoms with Crippen molar-refractivity contribution >= 4 is 27.4 Å². The van der Waals surface area contributed by atoms with Gasteiger partial charge in [0.1, 0.15) is 4.88 Å². The zero-order chi connectivity index (χ0) is 15.0. The maximum absolute atomic E-state index is 11.5. The molecule has 5 heteroatoms. The Balaban J connectivity index is 1.92. The summed E-state index contributed by atoms with van der Waals surface area (Å²) in [7, 11) is 0. The Morgan fingerprint density at radius 3 is 2.95 bits per heavy atom. The van der Waals surface area contributed by atoms with Crippen LogP contribution >= 0.6 is 11.3 Å². The predicted octanol–water partition coefficient (Wildman–Crippen LogP) is 3.26. The summed E-state index contributed by atoms with van der Waals surface area (Å²) in [5, 5.41) is 14.0. The standard InChI is InChI=1S/C16H19NO3S/c1-10-16(2,7-8-20-10)17-9-12-11-5-3-4-6-13(11)21-14(12)15(18)19/h3-6,10,17H,7-9H2,1-2H3,(H,18,19). The highest BCUT2D eigenvalue weighted by Gasteiger charge is 2.36. The Bertz CT molecular complexity index is 681. The van der Waals surface area contributed by atoms with Gasteiger partial charge in [0.05, 0.1) is 6.10 Å². The molecule has 0 radical (unpaired) electrons. The molecule has 1 aromatic carbocycles. The first kappa shape index (κ1) is 14.5. The van der Waals surface area contributed by atoms with Crippen LogP contribution in [0.1, 0.15) is 35.5 Å². The van der Waals surface area contributed by atoms with Crippen molar-refractivity contribution in [1.82, 2.24) is 5.32 Å². The fourth-order valence-corrected chi connectivity index (χ4v) is 3.86. The van der Waals surface area contributed by atoms with Crippen LogP contribution in [0.3, 0.4) is 0 Å². The first-order valence-corrected chi connectivity index (χ1v) is 7.93. The van der Waals surface area contributed by atoms with Gasteiger partial charge in [0.2, 0.25) is 0 Å². The van der Waals surface area contributed by atoms with E-state index in [1.165, 1.54) is 11.3 Å². The molecule has 4 nitrogen and oxygen atoms in total. The summed E-state index contributed by atoms with van der Waals surface area (Å²) < 4.78 is 6.65. The number of carboxylic acid groups (broad SMARTS) is 1. The van der Waals surface area contributed by atoms with Gasteiger partial charge in [-0.05, 0) is 37.3 Å². The molecule has 0 amide bonds. The molecule has 1 aromatic heterocycles. The lowest BCUT2D eigenvalue weighted by molar-refractivity contribution is 0.0700. The Hall–Kier alpha value is -1.43. The van der Waals surface area contributed by atoms with E-state index in [-0.39, 0.29) is 11.6 Å². The molecule has 2 aromatic rings. The number of carbonyl (C=O) groups is 1. The van der Waals surface area contributed by atoms with E-state index < -0.39 is 5.97 Å². The minimum absolute atomic E-state index is 0.0984. The summed E-state index contributed by atoms with van der Waals surface area (Å²) in [6.45, 7) is 5.50. The lowest BCUT2D eigenvalue weighted by Crippen LogP contribution is -2.47. The predicted molar refractivity (Wildman–Crippen MR) is 84.1 cm³/mol. The van der Waals surface area contributed by atoms with Crippen molar-refractivity contribution in [2.75, 3.05) is 6.61 Å². The molecule has 2 atom stereocenters. The zero-order valence-electron chi connectivity index (χ0n) is 12.2. The largest absolute Gasteiger partial charge is 0.477 e. The summed E-state index contributed by atoms with van der Waals surface area (Å²) in [5.41, 5.74) is 0.780. The molecule has 1 saturated heterocycles. The van der Waals surface area contributed by atoms with Gasteiger partial charge in [-0.1, -0.05) is 18.2 Å². The van der Waals surface area contributed by atoms with Gasteiger partial charge in [-0.25, -0.2) is 4.79 Å². The summed E-state index contributed by atoms with van der Waals surface area (Å²) in [6.07, 6.45) is 1.08. The molecule has 0 spiro atoms. The van der Waals surface area contributed by atoms with Crippen molar-refractivity contribution in [1.29, 1.82) is 0 Å². The number of benzene rings is 1. The molecule has 21 heavy (non-hydrogen) atoms. The van der Waals surface area contributed by atoms with Gasteiger partial charge >= 0.3 is 5.97 Å². The molecule has 112 valence electrons. The van der Waals surface area contributed by atoms with Crippen LogP contribution in [-0.4, -0.2) is 29.3 Å². The van der Waals surface area contributed by atoms with Crippen molar-refractivity contribution < 1.29 is 14.6 Å². The second-order valence-corrected chi connectivity index (χ2v) is 6.80. The minimum atomic E-state index is -0.853. The average Bonchev–Trinajstić information content (AvgIpc) is 2.99. The highest BCUT2D eigenvalue weighted by Crippen LogP contribution is 2.33. The SMILES string of the molecule is CC1OCCC1(C)NCc1c(C(=O)O)sc2ccccc12. The van der Waals surface area contributed by atoms with E-state index in [1.807, 2.05) is 24.3 Å². The van der Waals surface area contributed by atoms with Crippen LogP contribution in [0.25, 0.3) is 10.1 Å². The number of hydrogen-bond donors (Lipinski definition) is 2. The summed E-state index contributed by atoms with van der Waals surface area (Å²) in [6, 6.07) is 7.86. The molecule has 0 bridgehead atoms. The molecular formula is C16H19NO3S. The topological polar surface area (TPSA) is 58.6 Å². The lowest BCUT2D eigenvalue weighted by atomic mass is 9.94. The Kier molecular flexibility index (Phi) is 3.73. The molecule has 0 aliphatic carbocycles. The number of nitrogens with one attached hydrogen (secondary N) is 1. The van der Waals surface area contributed by atoms with Crippen molar-refractivity contribution in [3.63, 3.8) is 0 Å². The van der Waals surface area contributed by atoms with Crippen LogP contribution in [-0.2, 0) is 11.3 Å². The highest BCUT2D eigenvalue weighted by atomic mass is 32.1. The van der Waals surface area contributed by atoms with E-state index in [2.05, 4.69) is 19.2 Å². The fourth-order valence-electron chi connectivity index (χ4n) is 2.80. The van der Waals surface area contributed by atoms with E-state index in [0.717, 1.165) is 28.7 Å². The van der Waals surface area contributed by atoms with E-state index in [0.29, 0.717) is 11.4 Å². The van der Waals surface area contributed by atoms with Crippen molar-refractivity contribution in [3.8, 4) is 0 Å². The quantitative estimate of drug-likeness (QED) is 0.910. The third-order valence-corrected chi connectivity index (χ3v) is 5.65. The average molecular weight is 305 g/mol. The third kappa shape index (κ3) is 2.57. The molecule has 2 unspecified atom stereocenters. The molecular weight excluding hydrogens is 286 g/mol. The van der Waals surface area contributed by atoms with Gasteiger partial charge in [-0.3, -0.25) is 0 Å². The van der Waals surface area contributed by atoms with Crippen LogP contribution in [0.2, 0.25) is 0 Å². The Morgan fingerprint density at radius 1 is 1.52 bits per heavy atom. The number of rotatable bonds is 4. The number of thiophene rings is 1. The van der Waals surface area contributed by atoms with Gasteiger partial charge in [0.25, 0.3) is 0 Å². The molecule has 2 N–H and O–H groups in total. The molecule has 1 aliphatic heterocycles. The lowest BCUT2D eigenvalue weighted by Gasteiger charge is -2.29. The van der Waals surface area contributed by atoms with Crippen LogP contribution in [0.4, 0.5) is 0 Å². The maximum atomic E-state index is 11.5. The van der Waals surface area contributed by atoms with E-state index >= 15 is 0 Å². The maximum Gasteiger partial charge on any atom is 0.346 e. The Morgan fingerprint density at radius 2 is 2.29 bits per heavy atom. The van der Waals surface area contributed by atoms with Crippen LogP contribution in [0.5, 0.6) is 0 Å². The van der Waals surface area contributed by atoms with Crippen molar-refractivity contribution in [2.24, 2.45) is 0 Å². The first-order chi connectivity index (χ1) is 10.0. The molecule has 1 fully saturated rings. The monoisotopic (exact) mass is 305 g/mol. The summed E-state index contributed by atoms with van der Waals surface area (Å²) >= 11 is 1.34. The van der Waals surface area contributed by atoms with E-state index in [4.69, 9.17) is 4.74 Å². The fraction of sp³-hybridized carbons (Fsp3) is 0.438. The van der Waals surface area contributed by atoms with Gasteiger partial charge in [0.15, 0.2) is 0 Å². The minimum Gasteiger partial charge on any atom is -0.477 e. The van der Waals surface area contributed by atoms with Gasteiger partial charge in [-0.2, -0.15) is 0 Å². The smallest absolute Gasteiger partial charge is 0.346 e. The zero-order valence-corrected chi connectivity index (χ0v) is 13.0. The first-order valence-electron chi connectivity index (χ1n) is 7.11. The van der Waals surface area contributed by atoms with E-state index in [9.17, 15) is 9.90 Å². The molecule has 3 rings (SSSR count). The Labute approximate surface area is 127 Å². The second-order valence-electron chi connectivity index (χ2n) is 5.75. The van der Waals surface area contributed by atoms with Crippen LogP contribution in [0.15, 0.2) is 24.3 Å². The second kappa shape index (κ2) is 5.40. The van der Waals surface area contributed by atoms with Crippen LogP contribution < -0.4 is 5.32 Å². The van der Waals surface area contributed by atoms with Crippen molar-refractivity contribution in [3.05, 3.63) is 34.7 Å². The number of hydrogen-bond acceptors (Lipinski definition) is 4. The number of fused-ring (bicyclic) bond motifs is 1. The van der Waals surface area contributed by atoms with Gasteiger partial charge in [0, 0.05) is 23.4 Å². The molecule has 0 saturated carbocycles. The normalized spacial score (nSPS) is 25.5. The van der Waals surface area contributed by atoms with Gasteiger partial charge in [-0.15, -0.1) is 11.3 Å². The molecule has 2 heterocycles. The summed E-state index contributed by atoms with van der Waals surface area (Å²) in [5.74, 6) is -0.853. The number of aromatic carboxylic acids is 1.